The standard InChI is InChI=1S/C25H30O2/c1-7-18-8-11-22(12-9-18)27-25(5,6)16-21-15-20-14-19(10-13-23(20)21)17-26-24(2,3)4/h7-15H,1,16-17H2,2-6H3. The van der Waals surface area contributed by atoms with Crippen LogP contribution in [0.2, 0.25) is 0 Å². The van der Waals surface area contributed by atoms with Crippen molar-refractivity contribution in [2.24, 2.45) is 0 Å². The normalized spacial score (nSPS) is 13.4. The van der Waals surface area contributed by atoms with Gasteiger partial charge in [-0.05, 0) is 80.6 Å². The van der Waals surface area contributed by atoms with Gasteiger partial charge in [0, 0.05) is 6.42 Å². The van der Waals surface area contributed by atoms with E-state index in [1.807, 2.05) is 30.3 Å². The van der Waals surface area contributed by atoms with Gasteiger partial charge < -0.3 is 9.47 Å². The summed E-state index contributed by atoms with van der Waals surface area (Å²) >= 11 is 0. The molecular formula is C25H30O2. The van der Waals surface area contributed by atoms with Gasteiger partial charge >= 0.3 is 0 Å². The zero-order valence-corrected chi connectivity index (χ0v) is 17.1. The molecule has 2 heteroatoms. The third-order valence-corrected chi connectivity index (χ3v) is 4.59. The summed E-state index contributed by atoms with van der Waals surface area (Å²) in [6, 6.07) is 14.7. The molecule has 0 radical (unpaired) electrons. The number of hydrogen-bond donors (Lipinski definition) is 0. The molecule has 0 unspecified atom stereocenters. The van der Waals surface area contributed by atoms with Gasteiger partial charge in [0.1, 0.15) is 11.4 Å². The molecule has 0 fully saturated rings. The van der Waals surface area contributed by atoms with Crippen LogP contribution in [-0.4, -0.2) is 11.2 Å². The fourth-order valence-electron chi connectivity index (χ4n) is 3.23. The number of benzene rings is 2. The molecule has 1 aliphatic rings. The molecule has 2 aromatic rings. The van der Waals surface area contributed by atoms with E-state index >= 15 is 0 Å². The van der Waals surface area contributed by atoms with E-state index in [9.17, 15) is 0 Å². The number of fused-ring (bicyclic) bond motifs is 1. The van der Waals surface area contributed by atoms with Crippen LogP contribution >= 0.6 is 0 Å². The first-order valence-electron chi connectivity index (χ1n) is 9.55. The molecule has 0 aromatic heterocycles. The minimum atomic E-state index is -0.271. The molecule has 1 aliphatic carbocycles. The van der Waals surface area contributed by atoms with E-state index in [0.717, 1.165) is 17.7 Å². The van der Waals surface area contributed by atoms with Gasteiger partial charge in [-0.1, -0.05) is 43.0 Å². The Hall–Kier alpha value is -2.32. The summed E-state index contributed by atoms with van der Waals surface area (Å²) in [5.41, 5.74) is 5.90. The maximum Gasteiger partial charge on any atom is 0.120 e. The first-order chi connectivity index (χ1) is 12.6. The maximum atomic E-state index is 6.23. The Kier molecular flexibility index (Phi) is 5.30. The van der Waals surface area contributed by atoms with Crippen LogP contribution in [-0.2, 0) is 11.3 Å². The van der Waals surface area contributed by atoms with Gasteiger partial charge in [-0.25, -0.2) is 0 Å². The zero-order chi connectivity index (χ0) is 19.7. The predicted octanol–water partition coefficient (Wildman–Crippen LogP) is 6.75. The van der Waals surface area contributed by atoms with Gasteiger partial charge in [0.05, 0.1) is 12.2 Å². The van der Waals surface area contributed by atoms with E-state index in [-0.39, 0.29) is 11.2 Å². The minimum Gasteiger partial charge on any atom is -0.488 e. The summed E-state index contributed by atoms with van der Waals surface area (Å²) in [6.07, 6.45) is 4.98. The molecule has 2 aromatic carbocycles. The van der Waals surface area contributed by atoms with Crippen molar-refractivity contribution in [2.45, 2.75) is 58.8 Å². The Morgan fingerprint density at radius 3 is 2.26 bits per heavy atom. The fourth-order valence-corrected chi connectivity index (χ4v) is 3.23. The number of rotatable bonds is 7. The molecule has 27 heavy (non-hydrogen) atoms. The third kappa shape index (κ3) is 5.11. The largest absolute Gasteiger partial charge is 0.488 e. The molecule has 142 valence electrons. The van der Waals surface area contributed by atoms with Crippen molar-refractivity contribution in [1.29, 1.82) is 0 Å². The fraction of sp³-hybridized carbons (Fsp3) is 0.360. The third-order valence-electron chi connectivity index (χ3n) is 4.59. The topological polar surface area (TPSA) is 18.5 Å². The van der Waals surface area contributed by atoms with Gasteiger partial charge in [0.25, 0.3) is 0 Å². The van der Waals surface area contributed by atoms with Gasteiger partial charge in [0.2, 0.25) is 0 Å². The Balaban J connectivity index is 1.62. The van der Waals surface area contributed by atoms with E-state index in [1.54, 1.807) is 0 Å². The molecular weight excluding hydrogens is 332 g/mol. The van der Waals surface area contributed by atoms with E-state index in [2.05, 4.69) is 65.5 Å². The van der Waals surface area contributed by atoms with Crippen LogP contribution in [0.4, 0.5) is 0 Å². The molecule has 0 spiro atoms. The van der Waals surface area contributed by atoms with Crippen molar-refractivity contribution >= 4 is 17.7 Å². The molecule has 0 atom stereocenters. The highest BCUT2D eigenvalue weighted by atomic mass is 16.5. The van der Waals surface area contributed by atoms with Crippen molar-refractivity contribution < 1.29 is 9.47 Å². The lowest BCUT2D eigenvalue weighted by atomic mass is 9.81. The van der Waals surface area contributed by atoms with Crippen LogP contribution in [0.15, 0.2) is 49.0 Å². The van der Waals surface area contributed by atoms with E-state index < -0.39 is 0 Å². The van der Waals surface area contributed by atoms with Gasteiger partial charge in [-0.2, -0.15) is 0 Å². The van der Waals surface area contributed by atoms with Gasteiger partial charge in [-0.3, -0.25) is 0 Å². The number of hydrogen-bond acceptors (Lipinski definition) is 2. The van der Waals surface area contributed by atoms with E-state index in [4.69, 9.17) is 9.47 Å². The van der Waals surface area contributed by atoms with Crippen LogP contribution in [0.1, 0.15) is 63.3 Å². The highest BCUT2D eigenvalue weighted by molar-refractivity contribution is 5.96. The van der Waals surface area contributed by atoms with Crippen molar-refractivity contribution in [1.82, 2.24) is 0 Å². The Labute approximate surface area is 163 Å². The average molecular weight is 363 g/mol. The number of ether oxygens (including phenoxy) is 2. The Bertz CT molecular complexity index is 849. The molecule has 2 nitrogen and oxygen atoms in total. The van der Waals surface area contributed by atoms with E-state index in [1.165, 1.54) is 22.3 Å². The predicted molar refractivity (Wildman–Crippen MR) is 115 cm³/mol. The minimum absolute atomic E-state index is 0.116. The van der Waals surface area contributed by atoms with Crippen LogP contribution in [0, 0.1) is 0 Å². The van der Waals surface area contributed by atoms with Crippen LogP contribution < -0.4 is 4.74 Å². The van der Waals surface area contributed by atoms with Gasteiger partial charge in [-0.15, -0.1) is 0 Å². The molecule has 0 saturated carbocycles. The van der Waals surface area contributed by atoms with Crippen molar-refractivity contribution in [3.8, 4) is 5.75 Å². The molecule has 0 amide bonds. The summed E-state index contributed by atoms with van der Waals surface area (Å²) in [7, 11) is 0. The first-order valence-corrected chi connectivity index (χ1v) is 9.55. The lowest BCUT2D eigenvalue weighted by Crippen LogP contribution is -2.29. The summed E-state index contributed by atoms with van der Waals surface area (Å²) in [4.78, 5) is 0. The molecule has 0 aliphatic heterocycles. The van der Waals surface area contributed by atoms with Crippen LogP contribution in [0.25, 0.3) is 17.7 Å². The van der Waals surface area contributed by atoms with Crippen LogP contribution in [0.5, 0.6) is 5.75 Å². The molecule has 3 rings (SSSR count). The lowest BCUT2D eigenvalue weighted by molar-refractivity contribution is -0.0149. The zero-order valence-electron chi connectivity index (χ0n) is 17.1. The molecule has 0 bridgehead atoms. The smallest absolute Gasteiger partial charge is 0.120 e. The van der Waals surface area contributed by atoms with E-state index in [0.29, 0.717) is 6.61 Å². The second kappa shape index (κ2) is 7.36. The van der Waals surface area contributed by atoms with Crippen molar-refractivity contribution in [3.63, 3.8) is 0 Å². The monoisotopic (exact) mass is 362 g/mol. The quantitative estimate of drug-likeness (QED) is 0.542. The molecule has 0 N–H and O–H groups in total. The lowest BCUT2D eigenvalue weighted by Gasteiger charge is -2.31. The first kappa shape index (κ1) is 19.4. The van der Waals surface area contributed by atoms with Crippen molar-refractivity contribution in [2.75, 3.05) is 0 Å². The summed E-state index contributed by atoms with van der Waals surface area (Å²) in [5, 5.41) is 0. The van der Waals surface area contributed by atoms with Crippen molar-refractivity contribution in [3.05, 3.63) is 71.3 Å². The SMILES string of the molecule is C=Cc1ccc(OC(C)(C)CC2=Cc3cc(COC(C)(C)C)ccc32)cc1. The Morgan fingerprint density at radius 1 is 0.963 bits per heavy atom. The summed E-state index contributed by atoms with van der Waals surface area (Å²) in [6.45, 7) is 15.0. The summed E-state index contributed by atoms with van der Waals surface area (Å²) in [5.74, 6) is 0.889. The highest BCUT2D eigenvalue weighted by Gasteiger charge is 2.27. The Morgan fingerprint density at radius 2 is 1.67 bits per heavy atom. The molecule has 0 heterocycles. The van der Waals surface area contributed by atoms with Crippen LogP contribution in [0.3, 0.4) is 0 Å². The average Bonchev–Trinajstić information content (AvgIpc) is 2.57. The summed E-state index contributed by atoms with van der Waals surface area (Å²) < 4.78 is 12.1. The molecule has 0 saturated heterocycles. The van der Waals surface area contributed by atoms with Gasteiger partial charge in [0.15, 0.2) is 0 Å². The second-order valence-electron chi connectivity index (χ2n) is 8.80. The second-order valence-corrected chi connectivity index (χ2v) is 8.80. The maximum absolute atomic E-state index is 6.23. The highest BCUT2D eigenvalue weighted by Crippen LogP contribution is 2.39.